The monoisotopic (exact) mass is 238 g/mol. The average Bonchev–Trinajstić information content (AvgIpc) is 2.01. The van der Waals surface area contributed by atoms with E-state index in [-0.39, 0.29) is 31.6 Å². The molecule has 0 heterocycles. The highest BCUT2D eigenvalue weighted by molar-refractivity contribution is 7.54. The lowest BCUT2D eigenvalue weighted by molar-refractivity contribution is -0.118. The van der Waals surface area contributed by atoms with E-state index in [1.165, 1.54) is 6.92 Å². The van der Waals surface area contributed by atoms with Crippen LogP contribution in [0, 0.1) is 0 Å². The lowest BCUT2D eigenvalue weighted by atomic mass is 10.2. The summed E-state index contributed by atoms with van der Waals surface area (Å²) in [4.78, 5) is 11.3. The van der Waals surface area contributed by atoms with Gasteiger partial charge in [-0.1, -0.05) is 0 Å². The Hall–Kier alpha value is -0.220. The van der Waals surface area contributed by atoms with Crippen molar-refractivity contribution >= 4 is 13.4 Å². The van der Waals surface area contributed by atoms with E-state index in [1.54, 1.807) is 13.8 Å². The molecule has 0 rings (SSSR count). The summed E-state index contributed by atoms with van der Waals surface area (Å²) in [6.45, 7) is 5.35. The topological polar surface area (TPSA) is 72.8 Å². The number of hydrogen-bond acceptors (Lipinski definition) is 5. The molecular weight excluding hydrogens is 219 g/mol. The van der Waals surface area contributed by atoms with E-state index in [2.05, 4.69) is 0 Å². The van der Waals surface area contributed by atoms with E-state index in [0.717, 1.165) is 0 Å². The smallest absolute Gasteiger partial charge is 0.338 e. The van der Waals surface area contributed by atoms with Gasteiger partial charge in [0.25, 0.3) is 0 Å². The van der Waals surface area contributed by atoms with Crippen molar-refractivity contribution in [1.82, 2.24) is 0 Å². The van der Waals surface area contributed by atoms with Gasteiger partial charge >= 0.3 is 7.60 Å². The first-order chi connectivity index (χ1) is 6.93. The summed E-state index contributed by atoms with van der Waals surface area (Å²) in [5.74, 6) is -0.310. The maximum absolute atomic E-state index is 11.9. The van der Waals surface area contributed by atoms with Gasteiger partial charge in [-0.05, 0) is 20.8 Å². The van der Waals surface area contributed by atoms with Crippen molar-refractivity contribution in [3.05, 3.63) is 0 Å². The van der Waals surface area contributed by atoms with E-state index in [9.17, 15) is 9.36 Å². The molecule has 0 aromatic carbocycles. The zero-order valence-corrected chi connectivity index (χ0v) is 10.3. The van der Waals surface area contributed by atoms with Crippen LogP contribution in [-0.4, -0.2) is 36.4 Å². The second-order valence-corrected chi connectivity index (χ2v) is 5.25. The number of aliphatic hydroxyl groups excluding tert-OH is 1. The Morgan fingerprint density at radius 3 is 2.13 bits per heavy atom. The molecule has 5 nitrogen and oxygen atoms in total. The van der Waals surface area contributed by atoms with E-state index >= 15 is 0 Å². The highest BCUT2D eigenvalue weighted by Gasteiger charge is 2.27. The standard InChI is InChI=1S/C9H19O5P/c1-4-13-15(12,14-5-2)7-9(11)6-8(3)10/h8,10H,4-7H2,1-3H3/t8-/m0/s1. The van der Waals surface area contributed by atoms with Crippen molar-refractivity contribution < 1.29 is 23.5 Å². The van der Waals surface area contributed by atoms with Gasteiger partial charge in [-0.3, -0.25) is 9.36 Å². The second-order valence-electron chi connectivity index (χ2n) is 3.20. The van der Waals surface area contributed by atoms with Crippen LogP contribution in [0.5, 0.6) is 0 Å². The molecule has 0 aromatic heterocycles. The summed E-state index contributed by atoms with van der Waals surface area (Å²) < 4.78 is 21.8. The van der Waals surface area contributed by atoms with E-state index in [0.29, 0.717) is 0 Å². The van der Waals surface area contributed by atoms with Gasteiger partial charge < -0.3 is 14.2 Å². The number of carbonyl (C=O) groups excluding carboxylic acids is 1. The number of ketones is 1. The molecule has 0 unspecified atom stereocenters. The Morgan fingerprint density at radius 1 is 1.33 bits per heavy atom. The van der Waals surface area contributed by atoms with Crippen LogP contribution in [-0.2, 0) is 18.4 Å². The molecule has 0 saturated heterocycles. The summed E-state index contributed by atoms with van der Waals surface area (Å²) in [6, 6.07) is 0. The average molecular weight is 238 g/mol. The van der Waals surface area contributed by atoms with Crippen molar-refractivity contribution in [3.63, 3.8) is 0 Å². The van der Waals surface area contributed by atoms with Crippen LogP contribution in [0.25, 0.3) is 0 Å². The van der Waals surface area contributed by atoms with Crippen molar-refractivity contribution in [2.24, 2.45) is 0 Å². The third-order valence-electron chi connectivity index (χ3n) is 1.54. The first-order valence-corrected chi connectivity index (χ1v) is 6.74. The molecule has 6 heteroatoms. The van der Waals surface area contributed by atoms with Gasteiger partial charge in [-0.15, -0.1) is 0 Å². The Morgan fingerprint density at radius 2 is 1.80 bits per heavy atom. The number of aliphatic hydroxyl groups is 1. The first-order valence-electron chi connectivity index (χ1n) is 5.01. The van der Waals surface area contributed by atoms with Gasteiger partial charge in [-0.2, -0.15) is 0 Å². The van der Waals surface area contributed by atoms with Crippen molar-refractivity contribution in [3.8, 4) is 0 Å². The van der Waals surface area contributed by atoms with E-state index in [1.807, 2.05) is 0 Å². The molecule has 0 fully saturated rings. The summed E-state index contributed by atoms with van der Waals surface area (Å²) in [5, 5.41) is 8.99. The Balaban J connectivity index is 4.27. The van der Waals surface area contributed by atoms with Gasteiger partial charge in [0.2, 0.25) is 0 Å². The predicted molar refractivity (Wildman–Crippen MR) is 57.0 cm³/mol. The molecule has 0 amide bonds. The minimum atomic E-state index is -3.29. The van der Waals surface area contributed by atoms with Crippen LogP contribution in [0.4, 0.5) is 0 Å². The Bertz CT molecular complexity index is 229. The fourth-order valence-electron chi connectivity index (χ4n) is 1.13. The fraction of sp³-hybridized carbons (Fsp3) is 0.889. The van der Waals surface area contributed by atoms with Crippen molar-refractivity contribution in [2.75, 3.05) is 19.4 Å². The molecule has 90 valence electrons. The zero-order valence-electron chi connectivity index (χ0n) is 9.43. The van der Waals surface area contributed by atoms with Crippen LogP contribution in [0.2, 0.25) is 0 Å². The lowest BCUT2D eigenvalue weighted by Crippen LogP contribution is -2.15. The molecule has 0 aromatic rings. The third-order valence-corrected chi connectivity index (χ3v) is 3.59. The molecule has 0 saturated carbocycles. The molecule has 0 bridgehead atoms. The lowest BCUT2D eigenvalue weighted by Gasteiger charge is -2.16. The predicted octanol–water partition coefficient (Wildman–Crippen LogP) is 1.59. The zero-order chi connectivity index (χ0) is 11.9. The highest BCUT2D eigenvalue weighted by Crippen LogP contribution is 2.47. The maximum atomic E-state index is 11.9. The van der Waals surface area contributed by atoms with Gasteiger partial charge in [0.05, 0.1) is 19.3 Å². The second kappa shape index (κ2) is 7.12. The molecule has 1 N–H and O–H groups in total. The molecule has 0 aliphatic carbocycles. The van der Waals surface area contributed by atoms with Gasteiger partial charge in [0, 0.05) is 6.42 Å². The van der Waals surface area contributed by atoms with Crippen molar-refractivity contribution in [2.45, 2.75) is 33.3 Å². The largest absolute Gasteiger partial charge is 0.393 e. The quantitative estimate of drug-likeness (QED) is 0.650. The van der Waals surface area contributed by atoms with Gasteiger partial charge in [0.1, 0.15) is 11.9 Å². The summed E-state index contributed by atoms with van der Waals surface area (Å²) in [6.07, 6.45) is -1.02. The highest BCUT2D eigenvalue weighted by atomic mass is 31.2. The van der Waals surface area contributed by atoms with Gasteiger partial charge in [0.15, 0.2) is 0 Å². The molecule has 0 spiro atoms. The van der Waals surface area contributed by atoms with Crippen LogP contribution in [0.3, 0.4) is 0 Å². The summed E-state index contributed by atoms with van der Waals surface area (Å²) in [5.41, 5.74) is 0. The summed E-state index contributed by atoms with van der Waals surface area (Å²) >= 11 is 0. The fourth-order valence-corrected chi connectivity index (χ4v) is 2.74. The number of hydrogen-bond donors (Lipinski definition) is 1. The first kappa shape index (κ1) is 14.8. The molecule has 1 atom stereocenters. The molecule has 0 aliphatic rings. The Kier molecular flexibility index (Phi) is 7.02. The normalized spacial score (nSPS) is 13.9. The number of rotatable bonds is 8. The van der Waals surface area contributed by atoms with Crippen LogP contribution in [0.1, 0.15) is 27.2 Å². The Labute approximate surface area is 90.3 Å². The van der Waals surface area contributed by atoms with E-state index in [4.69, 9.17) is 14.2 Å². The number of carbonyl (C=O) groups is 1. The van der Waals surface area contributed by atoms with Crippen LogP contribution in [0.15, 0.2) is 0 Å². The molecule has 0 aliphatic heterocycles. The van der Waals surface area contributed by atoms with Crippen molar-refractivity contribution in [1.29, 1.82) is 0 Å². The molecule has 15 heavy (non-hydrogen) atoms. The minimum Gasteiger partial charge on any atom is -0.393 e. The minimum absolute atomic E-state index is 0.0237. The van der Waals surface area contributed by atoms with Crippen LogP contribution >= 0.6 is 7.60 Å². The van der Waals surface area contributed by atoms with Crippen LogP contribution < -0.4 is 0 Å². The van der Waals surface area contributed by atoms with Gasteiger partial charge in [-0.25, -0.2) is 0 Å². The third kappa shape index (κ3) is 6.79. The SMILES string of the molecule is CCOP(=O)(CC(=O)C[C@H](C)O)OCC. The summed E-state index contributed by atoms with van der Waals surface area (Å²) in [7, 11) is -3.29. The number of Topliss-reactive ketones (excluding diaryl/α,β-unsaturated/α-hetero) is 1. The maximum Gasteiger partial charge on any atom is 0.338 e. The van der Waals surface area contributed by atoms with E-state index < -0.39 is 13.7 Å². The molecular formula is C9H19O5P. The molecule has 0 radical (unpaired) electrons.